The van der Waals surface area contributed by atoms with Crippen LogP contribution in [0.25, 0.3) is 0 Å². The first-order chi connectivity index (χ1) is 17.2. The molecule has 0 unspecified atom stereocenters. The third-order valence-electron chi connectivity index (χ3n) is 5.76. The molecule has 1 atom stereocenters. The van der Waals surface area contributed by atoms with Gasteiger partial charge in [0.25, 0.3) is 0 Å². The van der Waals surface area contributed by atoms with Gasteiger partial charge < -0.3 is 15.2 Å². The first kappa shape index (κ1) is 28.1. The fourth-order valence-corrected chi connectivity index (χ4v) is 3.41. The number of nitrogens with one attached hydrogen (secondary N) is 1. The van der Waals surface area contributed by atoms with Gasteiger partial charge in [0.1, 0.15) is 17.5 Å². The van der Waals surface area contributed by atoms with Crippen LogP contribution in [0.4, 0.5) is 13.2 Å². The van der Waals surface area contributed by atoms with E-state index < -0.39 is 24.4 Å². The van der Waals surface area contributed by atoms with Gasteiger partial charge in [-0.15, -0.1) is 5.10 Å². The largest absolute Gasteiger partial charge is 0.483 e. The molecule has 0 aliphatic rings. The Morgan fingerprint density at radius 3 is 2.27 bits per heavy atom. The van der Waals surface area contributed by atoms with Gasteiger partial charge >= 0.3 is 6.18 Å². The van der Waals surface area contributed by atoms with Crippen molar-refractivity contribution in [3.8, 4) is 5.75 Å². The zero-order chi connectivity index (χ0) is 27.4. The Balaban J connectivity index is 1.83. The summed E-state index contributed by atoms with van der Waals surface area (Å²) in [6, 6.07) is 9.76. The van der Waals surface area contributed by atoms with Gasteiger partial charge in [-0.05, 0) is 42.5 Å². The lowest BCUT2D eigenvalue weighted by Crippen LogP contribution is -2.32. The first-order valence-electron chi connectivity index (χ1n) is 11.8. The molecule has 0 bridgehead atoms. The topological polar surface area (TPSA) is 102 Å². The summed E-state index contributed by atoms with van der Waals surface area (Å²) in [6.45, 7) is 8.23. The minimum atomic E-state index is -4.47. The van der Waals surface area contributed by atoms with Crippen molar-refractivity contribution >= 4 is 5.91 Å². The Morgan fingerprint density at radius 2 is 1.73 bits per heavy atom. The number of benzene rings is 1. The number of halogens is 3. The van der Waals surface area contributed by atoms with E-state index in [1.165, 1.54) is 16.8 Å². The summed E-state index contributed by atoms with van der Waals surface area (Å²) < 4.78 is 43.6. The molecule has 2 heterocycles. The number of hydrogen-bond acceptors (Lipinski definition) is 6. The Morgan fingerprint density at radius 1 is 1.05 bits per heavy atom. The number of aliphatic hydroxyl groups is 1. The maximum atomic E-state index is 13.0. The maximum Gasteiger partial charge on any atom is 0.422 e. The summed E-state index contributed by atoms with van der Waals surface area (Å²) in [7, 11) is 0. The number of carbonyl (C=O) groups is 1. The molecule has 3 rings (SSSR count). The number of ether oxygens (including phenoxy) is 1. The van der Waals surface area contributed by atoms with Crippen LogP contribution in [-0.2, 0) is 22.2 Å². The summed E-state index contributed by atoms with van der Waals surface area (Å²) in [5.41, 5.74) is 1.91. The second-order valence-electron chi connectivity index (χ2n) is 10.5. The summed E-state index contributed by atoms with van der Waals surface area (Å²) in [5.74, 6) is -0.362. The molecule has 11 heteroatoms. The SMILES string of the molecule is CC(C)(C)c1ccc(CC(=O)N[C@H](c2ccc(OCC(F)(F)F)cn2)c2cn(C(C)(C)CO)nn2)cc1. The van der Waals surface area contributed by atoms with Gasteiger partial charge in [-0.1, -0.05) is 50.3 Å². The van der Waals surface area contributed by atoms with Crippen LogP contribution in [0, 0.1) is 0 Å². The molecular weight excluding hydrogens is 487 g/mol. The van der Waals surface area contributed by atoms with Gasteiger partial charge in [0.15, 0.2) is 6.61 Å². The van der Waals surface area contributed by atoms with Crippen LogP contribution >= 0.6 is 0 Å². The Hall–Kier alpha value is -3.47. The highest BCUT2D eigenvalue weighted by molar-refractivity contribution is 5.79. The highest BCUT2D eigenvalue weighted by Gasteiger charge is 2.29. The van der Waals surface area contributed by atoms with Crippen molar-refractivity contribution < 1.29 is 27.8 Å². The number of nitrogens with zero attached hydrogens (tertiary/aromatic N) is 4. The van der Waals surface area contributed by atoms with E-state index in [0.717, 1.165) is 17.3 Å². The second kappa shape index (κ2) is 10.9. The van der Waals surface area contributed by atoms with Crippen LogP contribution in [-0.4, -0.2) is 50.4 Å². The summed E-state index contributed by atoms with van der Waals surface area (Å²) >= 11 is 0. The van der Waals surface area contributed by atoms with Crippen LogP contribution in [0.5, 0.6) is 5.75 Å². The number of aromatic nitrogens is 4. The van der Waals surface area contributed by atoms with Gasteiger partial charge in [-0.25, -0.2) is 4.68 Å². The van der Waals surface area contributed by atoms with E-state index in [2.05, 4.69) is 41.4 Å². The van der Waals surface area contributed by atoms with E-state index >= 15 is 0 Å². The zero-order valence-corrected chi connectivity index (χ0v) is 21.5. The van der Waals surface area contributed by atoms with E-state index in [1.807, 2.05) is 24.3 Å². The smallest absolute Gasteiger partial charge is 0.422 e. The minimum absolute atomic E-state index is 0.0122. The van der Waals surface area contributed by atoms with Crippen LogP contribution in [0.15, 0.2) is 48.8 Å². The molecule has 1 aromatic carbocycles. The van der Waals surface area contributed by atoms with Crippen molar-refractivity contribution in [3.63, 3.8) is 0 Å². The van der Waals surface area contributed by atoms with Crippen molar-refractivity contribution in [2.24, 2.45) is 0 Å². The van der Waals surface area contributed by atoms with Crippen LogP contribution < -0.4 is 10.1 Å². The predicted molar refractivity (Wildman–Crippen MR) is 131 cm³/mol. The molecule has 0 saturated heterocycles. The highest BCUT2D eigenvalue weighted by atomic mass is 19.4. The van der Waals surface area contributed by atoms with Crippen molar-refractivity contribution in [1.82, 2.24) is 25.3 Å². The summed E-state index contributed by atoms with van der Waals surface area (Å²) in [4.78, 5) is 17.2. The Labute approximate surface area is 213 Å². The van der Waals surface area contributed by atoms with E-state index in [4.69, 9.17) is 4.74 Å². The fourth-order valence-electron chi connectivity index (χ4n) is 3.41. The third-order valence-corrected chi connectivity index (χ3v) is 5.76. The molecule has 0 radical (unpaired) electrons. The van der Waals surface area contributed by atoms with Crippen molar-refractivity contribution in [3.05, 3.63) is 71.3 Å². The average molecular weight is 520 g/mol. The normalized spacial score (nSPS) is 13.3. The number of alkyl halides is 3. The summed E-state index contributed by atoms with van der Waals surface area (Å²) in [6.07, 6.45) is -1.62. The molecule has 2 N–H and O–H groups in total. The van der Waals surface area contributed by atoms with Crippen molar-refractivity contribution in [2.75, 3.05) is 13.2 Å². The lowest BCUT2D eigenvalue weighted by molar-refractivity contribution is -0.153. The van der Waals surface area contributed by atoms with Crippen molar-refractivity contribution in [2.45, 2.75) is 64.2 Å². The molecule has 0 aliphatic carbocycles. The monoisotopic (exact) mass is 519 g/mol. The van der Waals surface area contributed by atoms with Gasteiger partial charge in [0.05, 0.1) is 36.7 Å². The molecule has 200 valence electrons. The fraction of sp³-hybridized carbons (Fsp3) is 0.462. The molecule has 1 amide bonds. The Bertz CT molecular complexity index is 1180. The molecule has 2 aromatic heterocycles. The van der Waals surface area contributed by atoms with Crippen molar-refractivity contribution in [1.29, 1.82) is 0 Å². The first-order valence-corrected chi connectivity index (χ1v) is 11.8. The molecule has 37 heavy (non-hydrogen) atoms. The van der Waals surface area contributed by atoms with E-state index in [0.29, 0.717) is 11.4 Å². The minimum Gasteiger partial charge on any atom is -0.483 e. The van der Waals surface area contributed by atoms with Gasteiger partial charge in [-0.2, -0.15) is 13.2 Å². The molecular formula is C26H32F3N5O3. The zero-order valence-electron chi connectivity index (χ0n) is 21.5. The number of hydrogen-bond donors (Lipinski definition) is 2. The van der Waals surface area contributed by atoms with Gasteiger partial charge in [-0.3, -0.25) is 9.78 Å². The number of amides is 1. The molecule has 0 fully saturated rings. The molecule has 0 spiro atoms. The second-order valence-corrected chi connectivity index (χ2v) is 10.5. The molecule has 8 nitrogen and oxygen atoms in total. The Kier molecular flexibility index (Phi) is 8.26. The number of pyridine rings is 1. The lowest BCUT2D eigenvalue weighted by atomic mass is 9.86. The lowest BCUT2D eigenvalue weighted by Gasteiger charge is -2.21. The van der Waals surface area contributed by atoms with E-state index in [-0.39, 0.29) is 30.1 Å². The molecule has 0 aliphatic heterocycles. The quantitative estimate of drug-likeness (QED) is 0.442. The predicted octanol–water partition coefficient (Wildman–Crippen LogP) is 4.09. The van der Waals surface area contributed by atoms with Crippen LogP contribution in [0.1, 0.15) is 63.2 Å². The molecule has 0 saturated carbocycles. The van der Waals surface area contributed by atoms with Crippen LogP contribution in [0.2, 0.25) is 0 Å². The van der Waals surface area contributed by atoms with Crippen LogP contribution in [0.3, 0.4) is 0 Å². The third kappa shape index (κ3) is 7.75. The maximum absolute atomic E-state index is 13.0. The van der Waals surface area contributed by atoms with E-state index in [1.54, 1.807) is 20.0 Å². The molecule has 3 aromatic rings. The number of aliphatic hydroxyl groups excluding tert-OH is 1. The van der Waals surface area contributed by atoms with E-state index in [9.17, 15) is 23.1 Å². The standard InChI is InChI=1S/C26H32F3N5O3/c1-24(2,3)18-8-6-17(7-9-18)12-22(36)31-23(21-14-34(33-32-21)25(4,5)15-35)20-11-10-19(13-30-20)37-16-26(27,28)29/h6-11,13-14,23,35H,12,15-16H2,1-5H3,(H,31,36)/t23-/m1/s1. The number of rotatable bonds is 9. The van der Waals surface area contributed by atoms with Gasteiger partial charge in [0.2, 0.25) is 5.91 Å². The average Bonchev–Trinajstić information content (AvgIpc) is 3.32. The summed E-state index contributed by atoms with van der Waals surface area (Å²) in [5, 5.41) is 20.8. The van der Waals surface area contributed by atoms with Gasteiger partial charge in [0, 0.05) is 0 Å². The highest BCUT2D eigenvalue weighted by Crippen LogP contribution is 2.25. The number of carbonyl (C=O) groups excluding carboxylic acids is 1.